The number of ether oxygens (including phenoxy) is 1. The maximum absolute atomic E-state index is 13.0. The van der Waals surface area contributed by atoms with Crippen molar-refractivity contribution in [2.45, 2.75) is 70.4 Å². The highest BCUT2D eigenvalue weighted by Gasteiger charge is 2.44. The third-order valence-electron chi connectivity index (χ3n) is 8.72. The van der Waals surface area contributed by atoms with Gasteiger partial charge < -0.3 is 19.4 Å². The number of carbonyl (C=O) groups excluding carboxylic acids is 1. The van der Waals surface area contributed by atoms with Gasteiger partial charge in [0.25, 0.3) is 0 Å². The number of nitrogens with zero attached hydrogens (tertiary/aromatic N) is 4. The fourth-order valence-electron chi connectivity index (χ4n) is 7.11. The van der Waals surface area contributed by atoms with Crippen molar-refractivity contribution in [3.8, 4) is 0 Å². The summed E-state index contributed by atoms with van der Waals surface area (Å²) in [5.74, 6) is 0.613. The molecule has 2 atom stereocenters. The van der Waals surface area contributed by atoms with Gasteiger partial charge in [0, 0.05) is 51.7 Å². The second kappa shape index (κ2) is 9.54. The standard InChI is InChI=1S/C31H42N4O2/c1-31(2,3)37-30(36)35-17-8-12-23-10-5-9-22(28(23)35)11-7-16-33-18-15-26-25(21-33)24-13-6-14-27-29(24)34(26)20-19-32(27)4/h5-6,9-10,13-14,25-26H,7-8,11-12,15-21H2,1-4H3. The lowest BCUT2D eigenvalue weighted by atomic mass is 9.88. The maximum Gasteiger partial charge on any atom is 0.414 e. The van der Waals surface area contributed by atoms with E-state index < -0.39 is 5.60 Å². The highest BCUT2D eigenvalue weighted by atomic mass is 16.6. The van der Waals surface area contributed by atoms with Crippen molar-refractivity contribution in [2.24, 2.45) is 0 Å². The van der Waals surface area contributed by atoms with Gasteiger partial charge in [0.05, 0.1) is 17.1 Å². The molecule has 4 heterocycles. The normalized spacial score (nSPS) is 23.0. The summed E-state index contributed by atoms with van der Waals surface area (Å²) in [6, 6.07) is 14.1. The second-order valence-corrected chi connectivity index (χ2v) is 12.4. The molecule has 1 saturated heterocycles. The van der Waals surface area contributed by atoms with Crippen LogP contribution in [0.4, 0.5) is 21.9 Å². The van der Waals surface area contributed by atoms with Crippen LogP contribution >= 0.6 is 0 Å². The van der Waals surface area contributed by atoms with E-state index in [2.05, 4.69) is 58.1 Å². The summed E-state index contributed by atoms with van der Waals surface area (Å²) in [7, 11) is 2.23. The summed E-state index contributed by atoms with van der Waals surface area (Å²) < 4.78 is 5.77. The van der Waals surface area contributed by atoms with Crippen LogP contribution < -0.4 is 14.7 Å². The topological polar surface area (TPSA) is 39.3 Å². The number of likely N-dealkylation sites (tertiary alicyclic amines) is 1. The van der Waals surface area contributed by atoms with Crippen molar-refractivity contribution in [2.75, 3.05) is 61.0 Å². The molecule has 6 heteroatoms. The van der Waals surface area contributed by atoms with Crippen LogP contribution in [0.5, 0.6) is 0 Å². The number of anilines is 3. The Hall–Kier alpha value is -2.73. The van der Waals surface area contributed by atoms with Crippen molar-refractivity contribution >= 4 is 23.2 Å². The lowest BCUT2D eigenvalue weighted by Gasteiger charge is -2.41. The van der Waals surface area contributed by atoms with Crippen molar-refractivity contribution < 1.29 is 9.53 Å². The summed E-state index contributed by atoms with van der Waals surface area (Å²) in [5, 5.41) is 0. The fraction of sp³-hybridized carbons (Fsp3) is 0.581. The Balaban J connectivity index is 1.13. The Kier molecular flexibility index (Phi) is 6.34. The van der Waals surface area contributed by atoms with Crippen LogP contribution in [0.25, 0.3) is 0 Å². The van der Waals surface area contributed by atoms with E-state index in [4.69, 9.17) is 4.74 Å². The highest BCUT2D eigenvalue weighted by molar-refractivity contribution is 5.90. The minimum absolute atomic E-state index is 0.213. The second-order valence-electron chi connectivity index (χ2n) is 12.4. The van der Waals surface area contributed by atoms with E-state index in [9.17, 15) is 4.79 Å². The predicted molar refractivity (Wildman–Crippen MR) is 151 cm³/mol. The van der Waals surface area contributed by atoms with Gasteiger partial charge in [-0.15, -0.1) is 0 Å². The molecule has 6 rings (SSSR count). The van der Waals surface area contributed by atoms with Gasteiger partial charge in [0.1, 0.15) is 5.60 Å². The molecule has 37 heavy (non-hydrogen) atoms. The molecule has 4 aliphatic heterocycles. The van der Waals surface area contributed by atoms with Gasteiger partial charge in [0.15, 0.2) is 0 Å². The van der Waals surface area contributed by atoms with E-state index in [1.54, 1.807) is 5.56 Å². The number of amides is 1. The van der Waals surface area contributed by atoms with Crippen molar-refractivity contribution in [3.05, 3.63) is 53.1 Å². The number of aryl methyl sites for hydroxylation is 2. The van der Waals surface area contributed by atoms with Crippen molar-refractivity contribution in [1.29, 1.82) is 0 Å². The molecule has 1 fully saturated rings. The summed E-state index contributed by atoms with van der Waals surface area (Å²) in [6.07, 6.45) is 5.15. The quantitative estimate of drug-likeness (QED) is 0.557. The zero-order chi connectivity index (χ0) is 25.7. The molecule has 4 aliphatic rings. The lowest BCUT2D eigenvalue weighted by molar-refractivity contribution is 0.0577. The number of rotatable bonds is 4. The SMILES string of the molecule is CN1CCN2c3c(cccc31)C1CN(CCCc3cccc4c3N(C(=O)OC(C)(C)C)CCC4)CCC12. The number of piperidine rings is 1. The van der Waals surface area contributed by atoms with Gasteiger partial charge in [-0.25, -0.2) is 4.79 Å². The van der Waals surface area contributed by atoms with Crippen LogP contribution in [0.3, 0.4) is 0 Å². The summed E-state index contributed by atoms with van der Waals surface area (Å²) in [6.45, 7) is 12.3. The molecule has 0 aliphatic carbocycles. The molecule has 0 saturated carbocycles. The van der Waals surface area contributed by atoms with Gasteiger partial charge in [-0.1, -0.05) is 30.3 Å². The minimum Gasteiger partial charge on any atom is -0.443 e. The van der Waals surface area contributed by atoms with Crippen LogP contribution in [0, 0.1) is 0 Å². The Morgan fingerprint density at radius 1 is 1.03 bits per heavy atom. The van der Waals surface area contributed by atoms with E-state index >= 15 is 0 Å². The van der Waals surface area contributed by atoms with Crippen LogP contribution in [-0.4, -0.2) is 69.0 Å². The summed E-state index contributed by atoms with van der Waals surface area (Å²) in [5.41, 5.74) is 7.67. The molecule has 198 valence electrons. The van der Waals surface area contributed by atoms with E-state index in [1.807, 2.05) is 25.7 Å². The highest BCUT2D eigenvalue weighted by Crippen LogP contribution is 2.50. The van der Waals surface area contributed by atoms with Crippen LogP contribution in [0.15, 0.2) is 36.4 Å². The summed E-state index contributed by atoms with van der Waals surface area (Å²) >= 11 is 0. The largest absolute Gasteiger partial charge is 0.443 e. The number of benzene rings is 2. The molecule has 2 aromatic carbocycles. The Morgan fingerprint density at radius 3 is 2.70 bits per heavy atom. The third kappa shape index (κ3) is 4.58. The molecular formula is C31H42N4O2. The Morgan fingerprint density at radius 2 is 1.86 bits per heavy atom. The zero-order valence-corrected chi connectivity index (χ0v) is 23.0. The average Bonchev–Trinajstić information content (AvgIpc) is 3.19. The molecule has 0 spiro atoms. The number of para-hydroxylation sites is 2. The maximum atomic E-state index is 13.0. The molecule has 0 bridgehead atoms. The summed E-state index contributed by atoms with van der Waals surface area (Å²) in [4.78, 5) is 22.8. The van der Waals surface area contributed by atoms with Gasteiger partial charge in [-0.2, -0.15) is 0 Å². The van der Waals surface area contributed by atoms with E-state index in [1.165, 1.54) is 35.5 Å². The lowest BCUT2D eigenvalue weighted by Crippen LogP contribution is -2.49. The molecule has 0 aromatic heterocycles. The van der Waals surface area contributed by atoms with E-state index in [0.29, 0.717) is 12.0 Å². The average molecular weight is 503 g/mol. The van der Waals surface area contributed by atoms with Crippen LogP contribution in [0.1, 0.15) is 62.6 Å². The molecule has 2 aromatic rings. The predicted octanol–water partition coefficient (Wildman–Crippen LogP) is 5.43. The van der Waals surface area contributed by atoms with E-state index in [0.717, 1.165) is 64.1 Å². The first-order chi connectivity index (χ1) is 17.8. The number of carbonyl (C=O) groups is 1. The van der Waals surface area contributed by atoms with Crippen LogP contribution in [-0.2, 0) is 17.6 Å². The third-order valence-corrected chi connectivity index (χ3v) is 8.72. The van der Waals surface area contributed by atoms with Crippen molar-refractivity contribution in [3.63, 3.8) is 0 Å². The first-order valence-electron chi connectivity index (χ1n) is 14.2. The number of fused-ring (bicyclic) bond motifs is 4. The zero-order valence-electron chi connectivity index (χ0n) is 23.0. The van der Waals surface area contributed by atoms with Crippen LogP contribution in [0.2, 0.25) is 0 Å². The molecule has 6 nitrogen and oxygen atoms in total. The van der Waals surface area contributed by atoms with Gasteiger partial charge in [-0.05, 0) is 82.2 Å². The first-order valence-corrected chi connectivity index (χ1v) is 14.2. The Bertz CT molecular complexity index is 1170. The monoisotopic (exact) mass is 502 g/mol. The molecule has 2 unspecified atom stereocenters. The number of likely N-dealkylation sites (N-methyl/N-ethyl adjacent to an activating group) is 1. The number of hydrogen-bond acceptors (Lipinski definition) is 5. The molecule has 1 amide bonds. The molecular weight excluding hydrogens is 460 g/mol. The molecule has 0 radical (unpaired) electrons. The van der Waals surface area contributed by atoms with Gasteiger partial charge in [-0.3, -0.25) is 4.90 Å². The minimum atomic E-state index is -0.486. The smallest absolute Gasteiger partial charge is 0.414 e. The Labute approximate surface area is 222 Å². The fourth-order valence-corrected chi connectivity index (χ4v) is 7.11. The number of hydrogen-bond donors (Lipinski definition) is 0. The van der Waals surface area contributed by atoms with Crippen molar-refractivity contribution in [1.82, 2.24) is 4.90 Å². The van der Waals surface area contributed by atoms with E-state index in [-0.39, 0.29) is 6.09 Å². The van der Waals surface area contributed by atoms with Gasteiger partial charge >= 0.3 is 6.09 Å². The van der Waals surface area contributed by atoms with Gasteiger partial charge in [0.2, 0.25) is 0 Å². The first kappa shape index (κ1) is 24.6. The molecule has 0 N–H and O–H groups in total.